The Morgan fingerprint density at radius 3 is 2.39 bits per heavy atom. The molecule has 0 saturated carbocycles. The summed E-state index contributed by atoms with van der Waals surface area (Å²) in [5, 5.41) is 47.3. The van der Waals surface area contributed by atoms with Crippen molar-refractivity contribution >= 4 is 52.1 Å². The van der Waals surface area contributed by atoms with Crippen LogP contribution in [0.15, 0.2) is 91.1 Å². The maximum atomic E-state index is 15.7. The number of para-hydroxylation sites is 1. The molecule has 17 nitrogen and oxygen atoms in total. The molecule has 1 fully saturated rings. The van der Waals surface area contributed by atoms with E-state index in [4.69, 9.17) is 5.73 Å². The van der Waals surface area contributed by atoms with Crippen LogP contribution in [-0.2, 0) is 53.4 Å². The molecule has 17 heteroatoms. The molecule has 5 amide bonds. The molecule has 0 spiro atoms. The number of nitrogens with one attached hydrogen (secondary N) is 5. The van der Waals surface area contributed by atoms with Gasteiger partial charge in [0, 0.05) is 36.5 Å². The van der Waals surface area contributed by atoms with Gasteiger partial charge in [-0.15, -0.1) is 0 Å². The summed E-state index contributed by atoms with van der Waals surface area (Å²) in [6.07, 6.45) is 1.03. The molecular formula is C49H52N8O9. The summed E-state index contributed by atoms with van der Waals surface area (Å²) >= 11 is 0. The first-order valence-electron chi connectivity index (χ1n) is 22.2. The van der Waals surface area contributed by atoms with Crippen LogP contribution in [0.25, 0.3) is 16.6 Å². The van der Waals surface area contributed by atoms with Crippen molar-refractivity contribution in [2.45, 2.75) is 101 Å². The average Bonchev–Trinajstić information content (AvgIpc) is 3.94. The number of hydrogen-bond donors (Lipinski definition) is 9. The molecule has 9 atom stereocenters. The highest BCUT2D eigenvalue weighted by atomic mass is 16.4. The quantitative estimate of drug-likeness (QED) is 0.104. The molecule has 1 saturated heterocycles. The Bertz CT molecular complexity index is 2810. The topological polar surface area (TPSA) is 257 Å². The van der Waals surface area contributed by atoms with E-state index < -0.39 is 89.3 Å². The van der Waals surface area contributed by atoms with Crippen LogP contribution in [-0.4, -0.2) is 103 Å². The number of hydrogen-bond acceptors (Lipinski definition) is 10. The first-order valence-corrected chi connectivity index (χ1v) is 22.2. The second-order valence-corrected chi connectivity index (χ2v) is 18.1. The predicted molar refractivity (Wildman–Crippen MR) is 243 cm³/mol. The molecule has 4 aromatic carbocycles. The zero-order chi connectivity index (χ0) is 46.8. The fraction of sp³-hybridized carbons (Fsp3) is 0.347. The van der Waals surface area contributed by atoms with Crippen molar-refractivity contribution in [3.63, 3.8) is 0 Å². The number of fused-ring (bicyclic) bond motifs is 11. The number of anilines is 1. The van der Waals surface area contributed by atoms with Gasteiger partial charge in [-0.3, -0.25) is 24.0 Å². The Morgan fingerprint density at radius 1 is 0.909 bits per heavy atom. The molecule has 4 aliphatic heterocycles. The van der Waals surface area contributed by atoms with E-state index in [-0.39, 0.29) is 37.2 Å². The number of aliphatic carboxylic acids is 1. The number of nitrogens with zero attached hydrogens (tertiary/aromatic N) is 2. The molecule has 1 aromatic heterocycles. The third-order valence-electron chi connectivity index (χ3n) is 13.9. The van der Waals surface area contributed by atoms with Gasteiger partial charge >= 0.3 is 5.97 Å². The van der Waals surface area contributed by atoms with Crippen LogP contribution in [0.4, 0.5) is 5.69 Å². The number of carboxylic acids is 1. The van der Waals surface area contributed by atoms with Crippen molar-refractivity contribution in [2.75, 3.05) is 5.32 Å². The zero-order valence-electron chi connectivity index (χ0n) is 36.6. The highest BCUT2D eigenvalue weighted by Gasteiger charge is 2.62. The van der Waals surface area contributed by atoms with Crippen LogP contribution in [0.3, 0.4) is 0 Å². The molecule has 5 aromatic rings. The summed E-state index contributed by atoms with van der Waals surface area (Å²) in [4.78, 5) is 87.6. The fourth-order valence-electron chi connectivity index (χ4n) is 10.2. The number of rotatable bonds is 9. The second kappa shape index (κ2) is 16.9. The van der Waals surface area contributed by atoms with Gasteiger partial charge in [0.15, 0.2) is 0 Å². The van der Waals surface area contributed by atoms with Gasteiger partial charge in [0.05, 0.1) is 22.7 Å². The van der Waals surface area contributed by atoms with Gasteiger partial charge in [0.2, 0.25) is 29.5 Å². The molecule has 1 unspecified atom stereocenters. The molecular weight excluding hydrogens is 845 g/mol. The first-order chi connectivity index (χ1) is 31.6. The number of amides is 5. The van der Waals surface area contributed by atoms with Gasteiger partial charge in [0.25, 0.3) is 0 Å². The lowest BCUT2D eigenvalue weighted by molar-refractivity contribution is -0.146. The minimum Gasteiger partial charge on any atom is -0.508 e. The first kappa shape index (κ1) is 43.8. The molecule has 0 radical (unpaired) electrons. The average molecular weight is 897 g/mol. The van der Waals surface area contributed by atoms with E-state index >= 15 is 4.79 Å². The van der Waals surface area contributed by atoms with Gasteiger partial charge in [-0.05, 0) is 89.5 Å². The monoisotopic (exact) mass is 896 g/mol. The number of phenols is 2. The fourth-order valence-corrected chi connectivity index (χ4v) is 10.2. The standard InChI is InChI=1S/C49H52N8O9/c1-4-24(2)41-46(64)57-39(45(63)53-36(47(65)66)17-26-9-13-30(58)14-10-26)22-49(32-7-5-6-8-33(32)54-48(49)57)29-12-15-37-31(21-29)28-20-35(51-42(60)25(3)50)43(61)52-34(44(62)55-41)18-27-11-16-40(59)38(19-27)56(37)23-28/h5-16,19,21,23-25,34-36,39,41,48,54,58-59H,4,17-18,20,22,50H2,1-3H3,(H,51,60)(H,52,61)(H,53,63)(H,55,62)(H,65,66)/t24?,25-,34+,35-,36-,39-,41+,48+,49-/m0/s1. The van der Waals surface area contributed by atoms with Crippen molar-refractivity contribution < 1.29 is 44.1 Å². The van der Waals surface area contributed by atoms with Crippen LogP contribution >= 0.6 is 0 Å². The molecule has 9 bridgehead atoms. The minimum absolute atomic E-state index is 0.00322. The van der Waals surface area contributed by atoms with E-state index in [9.17, 15) is 39.3 Å². The van der Waals surface area contributed by atoms with Gasteiger partial charge < -0.3 is 57.1 Å². The number of phenolic OH excluding ortho intramolecular Hbond substituents is 2. The minimum atomic E-state index is -1.42. The number of aromatic nitrogens is 1. The summed E-state index contributed by atoms with van der Waals surface area (Å²) in [5.41, 5.74) is 9.76. The smallest absolute Gasteiger partial charge is 0.326 e. The Balaban J connectivity index is 1.28. The van der Waals surface area contributed by atoms with Crippen LogP contribution in [0.5, 0.6) is 11.5 Å². The van der Waals surface area contributed by atoms with Crippen LogP contribution in [0.1, 0.15) is 61.4 Å². The van der Waals surface area contributed by atoms with Crippen molar-refractivity contribution in [1.29, 1.82) is 0 Å². The van der Waals surface area contributed by atoms with Crippen LogP contribution in [0.2, 0.25) is 0 Å². The highest BCUT2D eigenvalue weighted by Crippen LogP contribution is 2.55. The van der Waals surface area contributed by atoms with Gasteiger partial charge in [-0.25, -0.2) is 4.79 Å². The molecule has 4 aliphatic rings. The Labute approximate surface area is 379 Å². The van der Waals surface area contributed by atoms with Crippen LogP contribution < -0.4 is 32.3 Å². The van der Waals surface area contributed by atoms with E-state index in [1.165, 1.54) is 30.0 Å². The maximum absolute atomic E-state index is 15.7. The summed E-state index contributed by atoms with van der Waals surface area (Å²) in [6.45, 7) is 5.16. The van der Waals surface area contributed by atoms with Crippen molar-refractivity contribution in [2.24, 2.45) is 11.7 Å². The number of nitrogens with two attached hydrogens (primary N) is 1. The second-order valence-electron chi connectivity index (χ2n) is 18.1. The largest absolute Gasteiger partial charge is 0.508 e. The SMILES string of the molecule is CCC(C)[C@H]1NC(=O)[C@H]2Cc3ccc(O)c(c3)-n3cc(c4cc(ccc43)[C@]34C[C@@H](C(=O)N[C@@H](Cc5ccc(O)cc5)C(=O)O)N(C1=O)[C@H]3Nc1ccccc14)C[C@H](NC(=O)[C@H](C)N)C(=O)N2. The van der Waals surface area contributed by atoms with Crippen molar-refractivity contribution in [3.8, 4) is 17.2 Å². The summed E-state index contributed by atoms with van der Waals surface area (Å²) in [7, 11) is 0. The summed E-state index contributed by atoms with van der Waals surface area (Å²) < 4.78 is 1.81. The van der Waals surface area contributed by atoms with E-state index in [2.05, 4.69) is 26.6 Å². The molecule has 10 N–H and O–H groups in total. The lowest BCUT2D eigenvalue weighted by Gasteiger charge is -2.37. The number of aromatic hydroxyl groups is 2. The molecule has 342 valence electrons. The van der Waals surface area contributed by atoms with Gasteiger partial charge in [0.1, 0.15) is 47.9 Å². The number of carbonyl (C=O) groups excluding carboxylic acids is 5. The number of benzene rings is 4. The Kier molecular flexibility index (Phi) is 11.2. The molecule has 0 aliphatic carbocycles. The number of carbonyl (C=O) groups is 6. The molecule has 9 rings (SSSR count). The lowest BCUT2D eigenvalue weighted by atomic mass is 9.72. The highest BCUT2D eigenvalue weighted by molar-refractivity contribution is 5.99. The van der Waals surface area contributed by atoms with Crippen LogP contribution in [0, 0.1) is 5.92 Å². The van der Waals surface area contributed by atoms with Crippen molar-refractivity contribution in [1.82, 2.24) is 30.7 Å². The van der Waals surface area contributed by atoms with Gasteiger partial charge in [-0.1, -0.05) is 62.7 Å². The third kappa shape index (κ3) is 7.51. The molecule has 5 heterocycles. The van der Waals surface area contributed by atoms with E-state index in [1.54, 1.807) is 42.0 Å². The predicted octanol–water partition coefficient (Wildman–Crippen LogP) is 2.45. The van der Waals surface area contributed by atoms with E-state index in [0.29, 0.717) is 51.0 Å². The van der Waals surface area contributed by atoms with Crippen molar-refractivity contribution in [3.05, 3.63) is 119 Å². The Morgan fingerprint density at radius 2 is 1.67 bits per heavy atom. The maximum Gasteiger partial charge on any atom is 0.326 e. The Hall–Kier alpha value is -7.40. The summed E-state index contributed by atoms with van der Waals surface area (Å²) in [5.74, 6) is -5.14. The van der Waals surface area contributed by atoms with Gasteiger partial charge in [-0.2, -0.15) is 0 Å². The molecule has 66 heavy (non-hydrogen) atoms. The number of carboxylic acid groups (broad SMARTS) is 1. The summed E-state index contributed by atoms with van der Waals surface area (Å²) in [6, 6.07) is 16.8. The zero-order valence-corrected chi connectivity index (χ0v) is 36.6. The van der Waals surface area contributed by atoms with E-state index in [0.717, 1.165) is 5.56 Å². The lowest BCUT2D eigenvalue weighted by Crippen LogP contribution is -2.62. The third-order valence-corrected chi connectivity index (χ3v) is 13.9. The van der Waals surface area contributed by atoms with E-state index in [1.807, 2.05) is 49.4 Å². The normalized spacial score (nSPS) is 24.5.